The predicted octanol–water partition coefficient (Wildman–Crippen LogP) is 3.31. The molecule has 1 unspecified atom stereocenters. The molecule has 19 heavy (non-hydrogen) atoms. The van der Waals surface area contributed by atoms with Crippen LogP contribution in [0.1, 0.15) is 50.6 Å². The van der Waals surface area contributed by atoms with Gasteiger partial charge in [-0.2, -0.15) is 0 Å². The fraction of sp³-hybridized carbons (Fsp3) is 0.600. The van der Waals surface area contributed by atoms with E-state index >= 15 is 0 Å². The minimum absolute atomic E-state index is 0.170. The second-order valence-corrected chi connectivity index (χ2v) is 5.30. The van der Waals surface area contributed by atoms with Crippen molar-refractivity contribution in [1.29, 1.82) is 0 Å². The van der Waals surface area contributed by atoms with Crippen LogP contribution in [-0.2, 0) is 0 Å². The minimum Gasteiger partial charge on any atom is -0.393 e. The van der Waals surface area contributed by atoms with Crippen molar-refractivity contribution in [2.45, 2.75) is 57.2 Å². The molecule has 0 saturated heterocycles. The molecule has 1 atom stereocenters. The third-order valence-electron chi connectivity index (χ3n) is 3.88. The Kier molecular flexibility index (Phi) is 4.88. The number of rotatable bonds is 4. The van der Waals surface area contributed by atoms with Crippen molar-refractivity contribution in [2.24, 2.45) is 0 Å². The summed E-state index contributed by atoms with van der Waals surface area (Å²) in [4.78, 5) is 0. The van der Waals surface area contributed by atoms with E-state index in [2.05, 4.69) is 5.32 Å². The molecule has 1 fully saturated rings. The lowest BCUT2D eigenvalue weighted by Gasteiger charge is -2.30. The number of halogens is 2. The summed E-state index contributed by atoms with van der Waals surface area (Å²) < 4.78 is 27.0. The highest BCUT2D eigenvalue weighted by molar-refractivity contribution is 5.22. The van der Waals surface area contributed by atoms with Gasteiger partial charge < -0.3 is 10.4 Å². The standard InChI is InChI=1S/C15H21F2NO/c1-2-15(13-9-10(16)3-8-14(13)17)18-11-4-6-12(19)7-5-11/h3,8-9,11-12,15,18-19H,2,4-7H2,1H3. The molecule has 1 aromatic rings. The first-order valence-electron chi connectivity index (χ1n) is 6.99. The van der Waals surface area contributed by atoms with Crippen LogP contribution in [0.2, 0.25) is 0 Å². The average molecular weight is 269 g/mol. The van der Waals surface area contributed by atoms with Crippen molar-refractivity contribution in [1.82, 2.24) is 5.32 Å². The van der Waals surface area contributed by atoms with Gasteiger partial charge in [-0.15, -0.1) is 0 Å². The van der Waals surface area contributed by atoms with Crippen molar-refractivity contribution >= 4 is 0 Å². The van der Waals surface area contributed by atoms with Crippen molar-refractivity contribution in [3.05, 3.63) is 35.4 Å². The molecule has 0 spiro atoms. The molecule has 2 nitrogen and oxygen atoms in total. The van der Waals surface area contributed by atoms with Crippen LogP contribution in [0.4, 0.5) is 8.78 Å². The van der Waals surface area contributed by atoms with E-state index in [4.69, 9.17) is 0 Å². The molecule has 1 aliphatic carbocycles. The molecule has 0 heterocycles. The minimum atomic E-state index is -0.407. The molecule has 106 valence electrons. The molecular formula is C15H21F2NO. The Bertz CT molecular complexity index is 417. The normalized spacial score (nSPS) is 25.3. The number of benzene rings is 1. The summed E-state index contributed by atoms with van der Waals surface area (Å²) in [5.74, 6) is -0.771. The van der Waals surface area contributed by atoms with E-state index < -0.39 is 5.82 Å². The van der Waals surface area contributed by atoms with Gasteiger partial charge >= 0.3 is 0 Å². The molecule has 0 aromatic heterocycles. The number of hydrogen-bond acceptors (Lipinski definition) is 2. The van der Waals surface area contributed by atoms with Crippen molar-refractivity contribution < 1.29 is 13.9 Å². The number of hydrogen-bond donors (Lipinski definition) is 2. The number of aliphatic hydroxyl groups excluding tert-OH is 1. The van der Waals surface area contributed by atoms with Gasteiger partial charge in [0.2, 0.25) is 0 Å². The monoisotopic (exact) mass is 269 g/mol. The fourth-order valence-electron chi connectivity index (χ4n) is 2.74. The van der Waals surface area contributed by atoms with Crippen molar-refractivity contribution in [3.8, 4) is 0 Å². The van der Waals surface area contributed by atoms with Gasteiger partial charge in [0.1, 0.15) is 11.6 Å². The van der Waals surface area contributed by atoms with Crippen LogP contribution in [-0.4, -0.2) is 17.3 Å². The van der Waals surface area contributed by atoms with Crippen LogP contribution in [0.15, 0.2) is 18.2 Å². The Balaban J connectivity index is 2.05. The lowest BCUT2D eigenvalue weighted by Crippen LogP contribution is -2.37. The highest BCUT2D eigenvalue weighted by Crippen LogP contribution is 2.25. The number of nitrogens with one attached hydrogen (secondary N) is 1. The molecule has 1 aliphatic rings. The quantitative estimate of drug-likeness (QED) is 0.879. The molecule has 0 aliphatic heterocycles. The van der Waals surface area contributed by atoms with E-state index in [0.29, 0.717) is 12.0 Å². The Hall–Kier alpha value is -1.00. The summed E-state index contributed by atoms with van der Waals surface area (Å²) in [6, 6.07) is 3.70. The number of aliphatic hydroxyl groups is 1. The van der Waals surface area contributed by atoms with E-state index in [1.165, 1.54) is 12.1 Å². The second-order valence-electron chi connectivity index (χ2n) is 5.30. The highest BCUT2D eigenvalue weighted by atomic mass is 19.1. The van der Waals surface area contributed by atoms with Gasteiger partial charge in [-0.3, -0.25) is 0 Å². The molecule has 2 N–H and O–H groups in total. The third-order valence-corrected chi connectivity index (χ3v) is 3.88. The Labute approximate surface area is 112 Å². The topological polar surface area (TPSA) is 32.3 Å². The van der Waals surface area contributed by atoms with Crippen molar-refractivity contribution in [2.75, 3.05) is 0 Å². The van der Waals surface area contributed by atoms with E-state index in [-0.39, 0.29) is 24.0 Å². The first-order valence-corrected chi connectivity index (χ1v) is 6.99. The maximum absolute atomic E-state index is 13.8. The van der Waals surface area contributed by atoms with Crippen LogP contribution in [0.25, 0.3) is 0 Å². The van der Waals surface area contributed by atoms with Crippen molar-refractivity contribution in [3.63, 3.8) is 0 Å². The molecule has 4 heteroatoms. The maximum Gasteiger partial charge on any atom is 0.128 e. The largest absolute Gasteiger partial charge is 0.393 e. The molecular weight excluding hydrogens is 248 g/mol. The van der Waals surface area contributed by atoms with Gasteiger partial charge in [0, 0.05) is 17.6 Å². The first kappa shape index (κ1) is 14.4. The third kappa shape index (κ3) is 3.74. The van der Waals surface area contributed by atoms with Gasteiger partial charge in [0.15, 0.2) is 0 Å². The summed E-state index contributed by atoms with van der Waals surface area (Å²) in [5, 5.41) is 12.9. The summed E-state index contributed by atoms with van der Waals surface area (Å²) in [5.41, 5.74) is 0.397. The summed E-state index contributed by atoms with van der Waals surface area (Å²) in [6.07, 6.45) is 3.83. The van der Waals surface area contributed by atoms with Crippen LogP contribution in [0, 0.1) is 11.6 Å². The zero-order valence-electron chi connectivity index (χ0n) is 11.2. The van der Waals surface area contributed by atoms with Gasteiger partial charge in [-0.25, -0.2) is 8.78 Å². The SMILES string of the molecule is CCC(NC1CCC(O)CC1)c1cc(F)ccc1F. The Morgan fingerprint density at radius 1 is 1.26 bits per heavy atom. The molecule has 2 rings (SSSR count). The molecule has 1 saturated carbocycles. The van der Waals surface area contributed by atoms with Gasteiger partial charge in [-0.1, -0.05) is 6.92 Å². The zero-order valence-corrected chi connectivity index (χ0v) is 11.2. The lowest BCUT2D eigenvalue weighted by atomic mass is 9.91. The van der Waals surface area contributed by atoms with Gasteiger partial charge in [0.25, 0.3) is 0 Å². The fourth-order valence-corrected chi connectivity index (χ4v) is 2.74. The van der Waals surface area contributed by atoms with E-state index in [1.807, 2.05) is 6.92 Å². The zero-order chi connectivity index (χ0) is 13.8. The summed E-state index contributed by atoms with van der Waals surface area (Å²) in [7, 11) is 0. The average Bonchev–Trinajstić information content (AvgIpc) is 2.41. The van der Waals surface area contributed by atoms with Crippen LogP contribution >= 0.6 is 0 Å². The Morgan fingerprint density at radius 3 is 2.58 bits per heavy atom. The lowest BCUT2D eigenvalue weighted by molar-refractivity contribution is 0.114. The molecule has 0 radical (unpaired) electrons. The second kappa shape index (κ2) is 6.44. The highest BCUT2D eigenvalue weighted by Gasteiger charge is 2.23. The summed E-state index contributed by atoms with van der Waals surface area (Å²) in [6.45, 7) is 1.96. The van der Waals surface area contributed by atoms with Crippen LogP contribution < -0.4 is 5.32 Å². The smallest absolute Gasteiger partial charge is 0.128 e. The predicted molar refractivity (Wildman–Crippen MR) is 70.8 cm³/mol. The van der Waals surface area contributed by atoms with Gasteiger partial charge in [0.05, 0.1) is 6.10 Å². The van der Waals surface area contributed by atoms with E-state index in [1.54, 1.807) is 0 Å². The Morgan fingerprint density at radius 2 is 1.95 bits per heavy atom. The first-order chi connectivity index (χ1) is 9.10. The maximum atomic E-state index is 13.8. The van der Waals surface area contributed by atoms with Crippen LogP contribution in [0.3, 0.4) is 0 Å². The van der Waals surface area contributed by atoms with Gasteiger partial charge in [-0.05, 0) is 50.3 Å². The molecule has 0 bridgehead atoms. The van der Waals surface area contributed by atoms with Crippen LogP contribution in [0.5, 0.6) is 0 Å². The molecule has 0 amide bonds. The van der Waals surface area contributed by atoms with E-state index in [0.717, 1.165) is 31.7 Å². The molecule has 1 aromatic carbocycles. The summed E-state index contributed by atoms with van der Waals surface area (Å²) >= 11 is 0. The van der Waals surface area contributed by atoms with E-state index in [9.17, 15) is 13.9 Å².